The number of ether oxygens (including phenoxy) is 1. The molecule has 19 heavy (non-hydrogen) atoms. The summed E-state index contributed by atoms with van der Waals surface area (Å²) >= 11 is 0. The van der Waals surface area contributed by atoms with Crippen LogP contribution in [-0.4, -0.2) is 73.4 Å². The number of hydrogen-bond donors (Lipinski definition) is 1. The van der Waals surface area contributed by atoms with Gasteiger partial charge >= 0.3 is 5.97 Å². The minimum atomic E-state index is -0.712. The summed E-state index contributed by atoms with van der Waals surface area (Å²) in [5, 5.41) is 9.45. The second-order valence-electron chi connectivity index (χ2n) is 6.01. The maximum Gasteiger partial charge on any atom is 0.313 e. The molecule has 0 radical (unpaired) electrons. The molecule has 2 rings (SSSR count). The topological polar surface area (TPSA) is 53.0 Å². The van der Waals surface area contributed by atoms with Gasteiger partial charge in [0.25, 0.3) is 0 Å². The largest absolute Gasteiger partial charge is 0.481 e. The Bertz CT molecular complexity index is 316. The highest BCUT2D eigenvalue weighted by Crippen LogP contribution is 2.30. The first-order valence-electron chi connectivity index (χ1n) is 7.31. The first-order valence-corrected chi connectivity index (χ1v) is 7.31. The van der Waals surface area contributed by atoms with Crippen molar-refractivity contribution < 1.29 is 14.6 Å². The highest BCUT2D eigenvalue weighted by atomic mass is 16.5. The summed E-state index contributed by atoms with van der Waals surface area (Å²) in [6.07, 6.45) is 3.13. The van der Waals surface area contributed by atoms with Gasteiger partial charge in [0.15, 0.2) is 0 Å². The molecule has 2 atom stereocenters. The van der Waals surface area contributed by atoms with Gasteiger partial charge in [-0.1, -0.05) is 6.92 Å². The summed E-state index contributed by atoms with van der Waals surface area (Å²) in [5.74, 6) is -0.712. The van der Waals surface area contributed by atoms with Crippen molar-refractivity contribution in [2.45, 2.75) is 32.2 Å². The van der Waals surface area contributed by atoms with E-state index in [1.54, 1.807) is 0 Å². The van der Waals surface area contributed by atoms with Gasteiger partial charge in [-0.3, -0.25) is 9.69 Å². The molecule has 0 bridgehead atoms. The number of carboxylic acid groups (broad SMARTS) is 1. The van der Waals surface area contributed by atoms with E-state index in [1.807, 2.05) is 7.05 Å². The van der Waals surface area contributed by atoms with Crippen LogP contribution in [0.15, 0.2) is 0 Å². The van der Waals surface area contributed by atoms with Crippen LogP contribution >= 0.6 is 0 Å². The average molecular weight is 270 g/mol. The summed E-state index contributed by atoms with van der Waals surface area (Å²) in [4.78, 5) is 16.2. The SMILES string of the molecule is CCN1CCCC1CN(C)CC1(C(=O)O)CCOC1. The Labute approximate surface area is 115 Å². The molecule has 0 aromatic rings. The third-order valence-electron chi connectivity index (χ3n) is 4.56. The van der Waals surface area contributed by atoms with Gasteiger partial charge in [0, 0.05) is 25.7 Å². The lowest BCUT2D eigenvalue weighted by molar-refractivity contribution is -0.150. The minimum Gasteiger partial charge on any atom is -0.481 e. The number of carbonyl (C=O) groups is 1. The standard InChI is InChI=1S/C14H26N2O3/c1-3-16-7-4-5-12(16)9-15(2)10-14(13(17)18)6-8-19-11-14/h12H,3-11H2,1-2H3,(H,17,18). The molecule has 0 aliphatic carbocycles. The summed E-state index contributed by atoms with van der Waals surface area (Å²) in [6, 6.07) is 0.586. The van der Waals surface area contributed by atoms with Crippen molar-refractivity contribution in [1.29, 1.82) is 0 Å². The molecule has 0 saturated carbocycles. The van der Waals surface area contributed by atoms with E-state index in [1.165, 1.54) is 19.4 Å². The fraction of sp³-hybridized carbons (Fsp3) is 0.929. The number of hydrogen-bond acceptors (Lipinski definition) is 4. The lowest BCUT2D eigenvalue weighted by Gasteiger charge is -2.32. The number of aliphatic carboxylic acids is 1. The van der Waals surface area contributed by atoms with Crippen LogP contribution < -0.4 is 0 Å². The smallest absolute Gasteiger partial charge is 0.313 e. The van der Waals surface area contributed by atoms with Crippen molar-refractivity contribution in [2.75, 3.05) is 46.4 Å². The third kappa shape index (κ3) is 3.27. The maximum atomic E-state index is 11.5. The third-order valence-corrected chi connectivity index (χ3v) is 4.56. The maximum absolute atomic E-state index is 11.5. The van der Waals surface area contributed by atoms with Crippen molar-refractivity contribution in [3.05, 3.63) is 0 Å². The van der Waals surface area contributed by atoms with E-state index in [4.69, 9.17) is 4.74 Å². The Kier molecular flexibility index (Phi) is 4.81. The molecule has 110 valence electrons. The summed E-state index contributed by atoms with van der Waals surface area (Å²) in [5.41, 5.74) is -0.690. The van der Waals surface area contributed by atoms with Crippen LogP contribution in [0.4, 0.5) is 0 Å². The molecule has 2 fully saturated rings. The number of likely N-dealkylation sites (N-methyl/N-ethyl adjacent to an activating group) is 2. The Morgan fingerprint density at radius 1 is 1.58 bits per heavy atom. The zero-order valence-electron chi connectivity index (χ0n) is 12.1. The van der Waals surface area contributed by atoms with Crippen LogP contribution in [0.3, 0.4) is 0 Å². The Hall–Kier alpha value is -0.650. The van der Waals surface area contributed by atoms with Crippen molar-refractivity contribution in [2.24, 2.45) is 5.41 Å². The van der Waals surface area contributed by atoms with Gasteiger partial charge in [0.2, 0.25) is 0 Å². The van der Waals surface area contributed by atoms with E-state index in [-0.39, 0.29) is 0 Å². The first-order chi connectivity index (χ1) is 9.07. The predicted molar refractivity (Wildman–Crippen MR) is 73.3 cm³/mol. The molecule has 2 saturated heterocycles. The minimum absolute atomic E-state index is 0.356. The quantitative estimate of drug-likeness (QED) is 0.777. The Morgan fingerprint density at radius 2 is 2.37 bits per heavy atom. The molecular formula is C14H26N2O3. The van der Waals surface area contributed by atoms with Crippen molar-refractivity contribution in [3.8, 4) is 0 Å². The molecule has 5 heteroatoms. The van der Waals surface area contributed by atoms with E-state index in [2.05, 4.69) is 16.7 Å². The number of nitrogens with zero attached hydrogens (tertiary/aromatic N) is 2. The highest BCUT2D eigenvalue weighted by Gasteiger charge is 2.43. The molecular weight excluding hydrogens is 244 g/mol. The van der Waals surface area contributed by atoms with Crippen LogP contribution in [0, 0.1) is 5.41 Å². The number of likely N-dealkylation sites (tertiary alicyclic amines) is 1. The number of rotatable bonds is 6. The molecule has 2 unspecified atom stereocenters. The number of carboxylic acids is 1. The Morgan fingerprint density at radius 3 is 2.95 bits per heavy atom. The molecule has 2 aliphatic heterocycles. The van der Waals surface area contributed by atoms with E-state index >= 15 is 0 Å². The van der Waals surface area contributed by atoms with E-state index < -0.39 is 11.4 Å². The van der Waals surface area contributed by atoms with Crippen LogP contribution in [0.25, 0.3) is 0 Å². The Balaban J connectivity index is 1.89. The van der Waals surface area contributed by atoms with Crippen molar-refractivity contribution in [1.82, 2.24) is 9.80 Å². The lowest BCUT2D eigenvalue weighted by atomic mass is 9.87. The molecule has 1 N–H and O–H groups in total. The lowest BCUT2D eigenvalue weighted by Crippen LogP contribution is -2.46. The van der Waals surface area contributed by atoms with E-state index in [0.717, 1.165) is 13.1 Å². The van der Waals surface area contributed by atoms with Crippen LogP contribution in [0.5, 0.6) is 0 Å². The molecule has 0 amide bonds. The zero-order chi connectivity index (χ0) is 13.9. The van der Waals surface area contributed by atoms with Gasteiger partial charge in [-0.05, 0) is 39.4 Å². The summed E-state index contributed by atoms with van der Waals surface area (Å²) < 4.78 is 5.32. The van der Waals surface area contributed by atoms with Gasteiger partial charge in [0.05, 0.1) is 6.61 Å². The van der Waals surface area contributed by atoms with Crippen LogP contribution in [0.1, 0.15) is 26.2 Å². The van der Waals surface area contributed by atoms with Crippen LogP contribution in [0.2, 0.25) is 0 Å². The van der Waals surface area contributed by atoms with Crippen molar-refractivity contribution >= 4 is 5.97 Å². The van der Waals surface area contributed by atoms with Crippen molar-refractivity contribution in [3.63, 3.8) is 0 Å². The molecule has 0 spiro atoms. The average Bonchev–Trinajstić information content (AvgIpc) is 2.98. The molecule has 0 aromatic heterocycles. The zero-order valence-corrected chi connectivity index (χ0v) is 12.1. The fourth-order valence-electron chi connectivity index (χ4n) is 3.43. The highest BCUT2D eigenvalue weighted by molar-refractivity contribution is 5.75. The predicted octanol–water partition coefficient (Wildman–Crippen LogP) is 0.894. The summed E-state index contributed by atoms with van der Waals surface area (Å²) in [6.45, 7) is 6.95. The second-order valence-corrected chi connectivity index (χ2v) is 6.01. The van der Waals surface area contributed by atoms with Gasteiger partial charge in [0.1, 0.15) is 5.41 Å². The summed E-state index contributed by atoms with van der Waals surface area (Å²) in [7, 11) is 2.04. The van der Waals surface area contributed by atoms with Gasteiger partial charge in [-0.15, -0.1) is 0 Å². The van der Waals surface area contributed by atoms with Crippen LogP contribution in [-0.2, 0) is 9.53 Å². The van der Waals surface area contributed by atoms with E-state index in [0.29, 0.717) is 32.2 Å². The van der Waals surface area contributed by atoms with Gasteiger partial charge in [-0.25, -0.2) is 0 Å². The van der Waals surface area contributed by atoms with E-state index in [9.17, 15) is 9.90 Å². The molecule has 2 heterocycles. The monoisotopic (exact) mass is 270 g/mol. The first kappa shape index (κ1) is 14.8. The normalized spacial score (nSPS) is 32.3. The fourth-order valence-corrected chi connectivity index (χ4v) is 3.43. The van der Waals surface area contributed by atoms with Gasteiger partial charge in [-0.2, -0.15) is 0 Å². The second kappa shape index (κ2) is 6.20. The molecule has 0 aromatic carbocycles. The van der Waals surface area contributed by atoms with Gasteiger partial charge < -0.3 is 14.7 Å². The molecule has 2 aliphatic rings. The molecule has 5 nitrogen and oxygen atoms in total.